The van der Waals surface area contributed by atoms with E-state index < -0.39 is 5.60 Å². The zero-order valence-electron chi connectivity index (χ0n) is 12.1. The molecule has 0 rings (SSSR count). The lowest BCUT2D eigenvalue weighted by Crippen LogP contribution is -2.22. The maximum Gasteiger partial charge on any atom is 0.0802 e. The standard InChI is InChI=1S/C16H28O/c1-7-16(6,17)12-15(5)11-14(4)10-8-9-13(2)3/h7,9,11,15,17H,1,8,10,12H2,2-6H3/b14-11+/t15-,16+/m0/s1. The molecule has 0 saturated heterocycles. The van der Waals surface area contributed by atoms with Crippen molar-refractivity contribution in [1.82, 2.24) is 0 Å². The van der Waals surface area contributed by atoms with E-state index in [4.69, 9.17) is 0 Å². The first-order valence-corrected chi connectivity index (χ1v) is 6.43. The van der Waals surface area contributed by atoms with Crippen molar-refractivity contribution in [2.24, 2.45) is 5.92 Å². The third kappa shape index (κ3) is 8.93. The molecule has 0 saturated carbocycles. The first-order chi connectivity index (χ1) is 7.76. The molecular formula is C16H28O. The van der Waals surface area contributed by atoms with Gasteiger partial charge in [0, 0.05) is 0 Å². The van der Waals surface area contributed by atoms with Crippen molar-refractivity contribution in [2.45, 2.75) is 59.5 Å². The fourth-order valence-corrected chi connectivity index (χ4v) is 1.95. The van der Waals surface area contributed by atoms with Crippen LogP contribution in [0.15, 0.2) is 36.0 Å². The van der Waals surface area contributed by atoms with Gasteiger partial charge in [0.05, 0.1) is 5.60 Å². The summed E-state index contributed by atoms with van der Waals surface area (Å²) in [6.07, 6.45) is 9.09. The predicted molar refractivity (Wildman–Crippen MR) is 77.0 cm³/mol. The van der Waals surface area contributed by atoms with Crippen LogP contribution in [-0.4, -0.2) is 10.7 Å². The van der Waals surface area contributed by atoms with Crippen LogP contribution in [0.4, 0.5) is 0 Å². The molecule has 1 nitrogen and oxygen atoms in total. The lowest BCUT2D eigenvalue weighted by molar-refractivity contribution is 0.0917. The van der Waals surface area contributed by atoms with Gasteiger partial charge in [-0.25, -0.2) is 0 Å². The van der Waals surface area contributed by atoms with Gasteiger partial charge in [-0.3, -0.25) is 0 Å². The van der Waals surface area contributed by atoms with E-state index in [0.29, 0.717) is 5.92 Å². The lowest BCUT2D eigenvalue weighted by atomic mass is 9.91. The number of rotatable bonds is 7. The number of hydrogen-bond acceptors (Lipinski definition) is 1. The van der Waals surface area contributed by atoms with Crippen LogP contribution < -0.4 is 0 Å². The largest absolute Gasteiger partial charge is 0.386 e. The molecule has 0 aliphatic heterocycles. The molecule has 0 heterocycles. The second-order valence-electron chi connectivity index (χ2n) is 5.58. The fourth-order valence-electron chi connectivity index (χ4n) is 1.95. The Balaban J connectivity index is 4.19. The van der Waals surface area contributed by atoms with Gasteiger partial charge in [0.2, 0.25) is 0 Å². The van der Waals surface area contributed by atoms with Gasteiger partial charge in [-0.15, -0.1) is 6.58 Å². The summed E-state index contributed by atoms with van der Waals surface area (Å²) in [4.78, 5) is 0. The predicted octanol–water partition coefficient (Wildman–Crippen LogP) is 4.64. The second kappa shape index (κ2) is 7.50. The Morgan fingerprint density at radius 3 is 2.41 bits per heavy atom. The zero-order valence-corrected chi connectivity index (χ0v) is 12.1. The minimum atomic E-state index is -0.754. The van der Waals surface area contributed by atoms with E-state index in [9.17, 15) is 5.11 Å². The Bertz CT molecular complexity index is 291. The van der Waals surface area contributed by atoms with E-state index in [1.807, 2.05) is 6.92 Å². The normalized spacial score (nSPS) is 17.2. The van der Waals surface area contributed by atoms with Crippen LogP contribution in [0.1, 0.15) is 53.9 Å². The maximum absolute atomic E-state index is 9.90. The molecular weight excluding hydrogens is 208 g/mol. The maximum atomic E-state index is 9.90. The van der Waals surface area contributed by atoms with Crippen LogP contribution in [0.5, 0.6) is 0 Å². The van der Waals surface area contributed by atoms with Crippen molar-refractivity contribution in [1.29, 1.82) is 0 Å². The summed E-state index contributed by atoms with van der Waals surface area (Å²) in [6.45, 7) is 14.0. The van der Waals surface area contributed by atoms with Crippen molar-refractivity contribution in [3.05, 3.63) is 36.0 Å². The molecule has 17 heavy (non-hydrogen) atoms. The highest BCUT2D eigenvalue weighted by Crippen LogP contribution is 2.20. The molecule has 0 unspecified atom stereocenters. The molecule has 98 valence electrons. The lowest BCUT2D eigenvalue weighted by Gasteiger charge is -2.21. The topological polar surface area (TPSA) is 20.2 Å². The second-order valence-corrected chi connectivity index (χ2v) is 5.58. The molecule has 1 N–H and O–H groups in total. The first-order valence-electron chi connectivity index (χ1n) is 6.43. The average Bonchev–Trinajstić information content (AvgIpc) is 2.15. The van der Waals surface area contributed by atoms with Crippen LogP contribution in [-0.2, 0) is 0 Å². The van der Waals surface area contributed by atoms with Gasteiger partial charge in [-0.1, -0.05) is 36.3 Å². The summed E-state index contributed by atoms with van der Waals surface area (Å²) in [5.74, 6) is 0.384. The smallest absolute Gasteiger partial charge is 0.0802 e. The Morgan fingerprint density at radius 1 is 1.35 bits per heavy atom. The van der Waals surface area contributed by atoms with Gasteiger partial charge in [0.1, 0.15) is 0 Å². The van der Waals surface area contributed by atoms with E-state index in [-0.39, 0.29) is 0 Å². The third-order valence-corrected chi connectivity index (χ3v) is 2.84. The summed E-state index contributed by atoms with van der Waals surface area (Å²) in [5.41, 5.74) is 2.02. The van der Waals surface area contributed by atoms with Crippen LogP contribution in [0.2, 0.25) is 0 Å². The quantitative estimate of drug-likeness (QED) is 0.638. The van der Waals surface area contributed by atoms with Crippen LogP contribution in [0, 0.1) is 5.92 Å². The monoisotopic (exact) mass is 236 g/mol. The molecule has 0 aromatic carbocycles. The highest BCUT2D eigenvalue weighted by atomic mass is 16.3. The summed E-state index contributed by atoms with van der Waals surface area (Å²) < 4.78 is 0. The van der Waals surface area contributed by atoms with Gasteiger partial charge in [-0.05, 0) is 52.9 Å². The minimum absolute atomic E-state index is 0.384. The Hall–Kier alpha value is -0.820. The van der Waals surface area contributed by atoms with Crippen molar-refractivity contribution in [2.75, 3.05) is 0 Å². The van der Waals surface area contributed by atoms with E-state index in [1.54, 1.807) is 6.08 Å². The van der Waals surface area contributed by atoms with Gasteiger partial charge >= 0.3 is 0 Å². The Kier molecular flexibility index (Phi) is 7.13. The van der Waals surface area contributed by atoms with Crippen molar-refractivity contribution in [3.63, 3.8) is 0 Å². The van der Waals surface area contributed by atoms with E-state index >= 15 is 0 Å². The minimum Gasteiger partial charge on any atom is -0.386 e. The molecule has 2 atom stereocenters. The van der Waals surface area contributed by atoms with Crippen LogP contribution in [0.25, 0.3) is 0 Å². The zero-order chi connectivity index (χ0) is 13.5. The molecule has 0 aliphatic carbocycles. The highest BCUT2D eigenvalue weighted by molar-refractivity contribution is 5.05. The van der Waals surface area contributed by atoms with E-state index in [2.05, 4.69) is 46.4 Å². The molecule has 0 aliphatic rings. The Labute approximate surface area is 107 Å². The van der Waals surface area contributed by atoms with Crippen molar-refractivity contribution >= 4 is 0 Å². The summed E-state index contributed by atoms with van der Waals surface area (Å²) >= 11 is 0. The Morgan fingerprint density at radius 2 is 1.94 bits per heavy atom. The fraction of sp³-hybridized carbons (Fsp3) is 0.625. The van der Waals surface area contributed by atoms with Crippen LogP contribution >= 0.6 is 0 Å². The molecule has 1 heteroatoms. The van der Waals surface area contributed by atoms with Crippen molar-refractivity contribution < 1.29 is 5.11 Å². The molecule has 0 radical (unpaired) electrons. The van der Waals surface area contributed by atoms with E-state index in [0.717, 1.165) is 19.3 Å². The van der Waals surface area contributed by atoms with Gasteiger partial charge in [0.15, 0.2) is 0 Å². The molecule has 0 bridgehead atoms. The molecule has 0 aromatic rings. The summed E-state index contributed by atoms with van der Waals surface area (Å²) in [7, 11) is 0. The number of allylic oxidation sites excluding steroid dienone is 4. The average molecular weight is 236 g/mol. The third-order valence-electron chi connectivity index (χ3n) is 2.84. The number of hydrogen-bond donors (Lipinski definition) is 1. The summed E-state index contributed by atoms with van der Waals surface area (Å²) in [5, 5.41) is 9.90. The SMILES string of the molecule is C=C[C@@](C)(O)C[C@@H](C)/C=C(\C)CCC=C(C)C. The highest BCUT2D eigenvalue weighted by Gasteiger charge is 2.17. The van der Waals surface area contributed by atoms with E-state index in [1.165, 1.54) is 11.1 Å². The van der Waals surface area contributed by atoms with Gasteiger partial charge < -0.3 is 5.11 Å². The number of aliphatic hydroxyl groups is 1. The summed E-state index contributed by atoms with van der Waals surface area (Å²) in [6, 6.07) is 0. The van der Waals surface area contributed by atoms with Crippen molar-refractivity contribution in [3.8, 4) is 0 Å². The van der Waals surface area contributed by atoms with Crippen LogP contribution in [0.3, 0.4) is 0 Å². The van der Waals surface area contributed by atoms with Gasteiger partial charge in [0.25, 0.3) is 0 Å². The molecule has 0 fully saturated rings. The molecule has 0 spiro atoms. The molecule has 0 amide bonds. The first kappa shape index (κ1) is 16.2. The van der Waals surface area contributed by atoms with Gasteiger partial charge in [-0.2, -0.15) is 0 Å². The molecule has 0 aromatic heterocycles.